The second kappa shape index (κ2) is 6.53. The number of hydrogen-bond acceptors (Lipinski definition) is 3. The lowest BCUT2D eigenvalue weighted by Crippen LogP contribution is -2.31. The van der Waals surface area contributed by atoms with E-state index >= 15 is 0 Å². The highest BCUT2D eigenvalue weighted by molar-refractivity contribution is 7.92. The summed E-state index contributed by atoms with van der Waals surface area (Å²) in [5.41, 5.74) is 3.42. The van der Waals surface area contributed by atoms with E-state index in [0.29, 0.717) is 0 Å². The summed E-state index contributed by atoms with van der Waals surface area (Å²) >= 11 is 0. The summed E-state index contributed by atoms with van der Waals surface area (Å²) in [5.74, 6) is 0.155. The number of benzene rings is 1. The van der Waals surface area contributed by atoms with Crippen LogP contribution >= 0.6 is 0 Å². The first-order valence-corrected chi connectivity index (χ1v) is 8.51. The van der Waals surface area contributed by atoms with Crippen molar-refractivity contribution < 1.29 is 8.42 Å². The molecule has 0 fully saturated rings. The van der Waals surface area contributed by atoms with Crippen molar-refractivity contribution in [3.63, 3.8) is 0 Å². The molecule has 0 saturated heterocycles. The van der Waals surface area contributed by atoms with Crippen LogP contribution in [0.25, 0.3) is 0 Å². The predicted molar refractivity (Wildman–Crippen MR) is 81.3 cm³/mol. The van der Waals surface area contributed by atoms with Gasteiger partial charge in [-0.1, -0.05) is 30.7 Å². The van der Waals surface area contributed by atoms with Crippen molar-refractivity contribution in [2.24, 2.45) is 0 Å². The topological polar surface area (TPSA) is 46.2 Å². The van der Waals surface area contributed by atoms with Crippen molar-refractivity contribution in [3.8, 4) is 0 Å². The van der Waals surface area contributed by atoms with E-state index in [-0.39, 0.29) is 17.0 Å². The Balaban J connectivity index is 3.07. The third kappa shape index (κ3) is 4.32. The maximum Gasteiger partial charge on any atom is 0.154 e. The van der Waals surface area contributed by atoms with Gasteiger partial charge in [-0.25, -0.2) is 8.42 Å². The molecule has 0 bridgehead atoms. The standard InChI is InChI=1S/C15H25NO2S/c1-6-16-15(10-19(17,18)11(2)3)14-8-7-12(4)9-13(14)5/h7-9,11,15-16H,6,10H2,1-5H3. The molecule has 4 heteroatoms. The maximum absolute atomic E-state index is 12.1. The normalized spacial score (nSPS) is 13.8. The highest BCUT2D eigenvalue weighted by atomic mass is 32.2. The van der Waals surface area contributed by atoms with Crippen molar-refractivity contribution in [1.29, 1.82) is 0 Å². The molecular weight excluding hydrogens is 258 g/mol. The van der Waals surface area contributed by atoms with Crippen LogP contribution in [-0.2, 0) is 9.84 Å². The second-order valence-corrected chi connectivity index (χ2v) is 7.95. The number of aryl methyl sites for hydroxylation is 2. The molecule has 0 aliphatic heterocycles. The quantitative estimate of drug-likeness (QED) is 0.873. The SMILES string of the molecule is CCNC(CS(=O)(=O)C(C)C)c1ccc(C)cc1C. The Bertz CT molecular complexity index is 521. The number of nitrogens with one attached hydrogen (secondary N) is 1. The third-order valence-electron chi connectivity index (χ3n) is 3.37. The predicted octanol–water partition coefficient (Wildman–Crippen LogP) is 2.78. The molecule has 19 heavy (non-hydrogen) atoms. The Morgan fingerprint density at radius 1 is 1.21 bits per heavy atom. The van der Waals surface area contributed by atoms with Crippen molar-refractivity contribution in [3.05, 3.63) is 34.9 Å². The van der Waals surface area contributed by atoms with Gasteiger partial charge in [0, 0.05) is 6.04 Å². The highest BCUT2D eigenvalue weighted by Gasteiger charge is 2.24. The molecule has 1 aromatic carbocycles. The summed E-state index contributed by atoms with van der Waals surface area (Å²) < 4.78 is 24.3. The molecule has 0 amide bonds. The number of rotatable bonds is 6. The van der Waals surface area contributed by atoms with Crippen LogP contribution in [0.1, 0.15) is 43.5 Å². The molecule has 0 aliphatic rings. The van der Waals surface area contributed by atoms with Gasteiger partial charge in [0.1, 0.15) is 0 Å². The van der Waals surface area contributed by atoms with Gasteiger partial charge in [-0.05, 0) is 45.4 Å². The Morgan fingerprint density at radius 3 is 2.32 bits per heavy atom. The lowest BCUT2D eigenvalue weighted by molar-refractivity contribution is 0.552. The summed E-state index contributed by atoms with van der Waals surface area (Å²) in [6.07, 6.45) is 0. The van der Waals surface area contributed by atoms with Crippen LogP contribution in [0, 0.1) is 13.8 Å². The molecule has 1 N–H and O–H groups in total. The summed E-state index contributed by atoms with van der Waals surface area (Å²) in [7, 11) is -3.06. The van der Waals surface area contributed by atoms with Gasteiger partial charge in [0.05, 0.1) is 11.0 Å². The summed E-state index contributed by atoms with van der Waals surface area (Å²) in [5, 5.41) is 2.96. The van der Waals surface area contributed by atoms with Crippen molar-refractivity contribution in [1.82, 2.24) is 5.32 Å². The van der Waals surface area contributed by atoms with Gasteiger partial charge in [0.25, 0.3) is 0 Å². The second-order valence-electron chi connectivity index (χ2n) is 5.35. The smallest absolute Gasteiger partial charge is 0.154 e. The van der Waals surface area contributed by atoms with Crippen LogP contribution in [0.15, 0.2) is 18.2 Å². The molecule has 1 aromatic rings. The molecule has 0 radical (unpaired) electrons. The van der Waals surface area contributed by atoms with E-state index in [0.717, 1.165) is 17.7 Å². The van der Waals surface area contributed by atoms with Crippen molar-refractivity contribution in [2.45, 2.75) is 45.9 Å². The minimum atomic E-state index is -3.06. The molecule has 1 rings (SSSR count). The van der Waals surface area contributed by atoms with Crippen LogP contribution in [0.4, 0.5) is 0 Å². The minimum Gasteiger partial charge on any atom is -0.309 e. The van der Waals surface area contributed by atoms with Gasteiger partial charge in [0.2, 0.25) is 0 Å². The first-order valence-electron chi connectivity index (χ1n) is 6.80. The van der Waals surface area contributed by atoms with Crippen LogP contribution in [0.2, 0.25) is 0 Å². The van der Waals surface area contributed by atoms with Crippen LogP contribution < -0.4 is 5.32 Å². The molecule has 1 atom stereocenters. The average Bonchev–Trinajstić information content (AvgIpc) is 2.28. The van der Waals surface area contributed by atoms with E-state index < -0.39 is 9.84 Å². The molecule has 1 unspecified atom stereocenters. The average molecular weight is 283 g/mol. The fourth-order valence-corrected chi connectivity index (χ4v) is 3.29. The van der Waals surface area contributed by atoms with Gasteiger partial charge in [-0.3, -0.25) is 0 Å². The fraction of sp³-hybridized carbons (Fsp3) is 0.600. The monoisotopic (exact) mass is 283 g/mol. The molecule has 108 valence electrons. The zero-order valence-corrected chi connectivity index (χ0v) is 13.3. The van der Waals surface area contributed by atoms with Gasteiger partial charge in [0.15, 0.2) is 9.84 Å². The van der Waals surface area contributed by atoms with E-state index in [9.17, 15) is 8.42 Å². The first-order chi connectivity index (χ1) is 8.77. The maximum atomic E-state index is 12.1. The molecule has 0 spiro atoms. The summed E-state index contributed by atoms with van der Waals surface area (Å²) in [6.45, 7) is 10.3. The zero-order valence-electron chi connectivity index (χ0n) is 12.5. The van der Waals surface area contributed by atoms with Gasteiger partial charge < -0.3 is 5.32 Å². The molecule has 0 heterocycles. The van der Waals surface area contributed by atoms with Gasteiger partial charge in [-0.15, -0.1) is 0 Å². The molecule has 0 saturated carbocycles. The Labute approximate surface area is 117 Å². The summed E-state index contributed by atoms with van der Waals surface area (Å²) in [4.78, 5) is 0. The van der Waals surface area contributed by atoms with E-state index in [1.54, 1.807) is 13.8 Å². The molecule has 0 aromatic heterocycles. The fourth-order valence-electron chi connectivity index (χ4n) is 2.15. The molecular formula is C15H25NO2S. The minimum absolute atomic E-state index is 0.127. The lowest BCUT2D eigenvalue weighted by atomic mass is 10.0. The zero-order chi connectivity index (χ0) is 14.6. The largest absolute Gasteiger partial charge is 0.309 e. The Hall–Kier alpha value is -0.870. The Morgan fingerprint density at radius 2 is 1.84 bits per heavy atom. The third-order valence-corrected chi connectivity index (χ3v) is 5.60. The summed E-state index contributed by atoms with van der Waals surface area (Å²) in [6, 6.07) is 6.04. The van der Waals surface area contributed by atoms with Gasteiger partial charge in [-0.2, -0.15) is 0 Å². The first kappa shape index (κ1) is 16.2. The van der Waals surface area contributed by atoms with E-state index in [4.69, 9.17) is 0 Å². The molecule has 3 nitrogen and oxygen atoms in total. The van der Waals surface area contributed by atoms with E-state index in [1.165, 1.54) is 5.56 Å². The number of sulfone groups is 1. The molecule has 0 aliphatic carbocycles. The van der Waals surface area contributed by atoms with Crippen LogP contribution in [0.3, 0.4) is 0 Å². The van der Waals surface area contributed by atoms with Crippen molar-refractivity contribution >= 4 is 9.84 Å². The number of hydrogen-bond donors (Lipinski definition) is 1. The van der Waals surface area contributed by atoms with Gasteiger partial charge >= 0.3 is 0 Å². The van der Waals surface area contributed by atoms with E-state index in [1.807, 2.05) is 32.9 Å². The van der Waals surface area contributed by atoms with E-state index in [2.05, 4.69) is 11.4 Å². The van der Waals surface area contributed by atoms with Crippen LogP contribution in [-0.4, -0.2) is 26.0 Å². The highest BCUT2D eigenvalue weighted by Crippen LogP contribution is 2.22. The Kier molecular flexibility index (Phi) is 5.56. The van der Waals surface area contributed by atoms with Crippen LogP contribution in [0.5, 0.6) is 0 Å². The van der Waals surface area contributed by atoms with Crippen molar-refractivity contribution in [2.75, 3.05) is 12.3 Å². The lowest BCUT2D eigenvalue weighted by Gasteiger charge is -2.22.